The van der Waals surface area contributed by atoms with Gasteiger partial charge in [-0.05, 0) is 49.6 Å². The van der Waals surface area contributed by atoms with Crippen LogP contribution in [0.1, 0.15) is 24.0 Å². The van der Waals surface area contributed by atoms with Crippen molar-refractivity contribution >= 4 is 11.6 Å². The summed E-state index contributed by atoms with van der Waals surface area (Å²) in [5.74, 6) is 0.769. The molecule has 3 rings (SSSR count). The molecule has 0 aliphatic carbocycles. The summed E-state index contributed by atoms with van der Waals surface area (Å²) in [6.45, 7) is 4.31. The molecular weight excluding hydrogens is 350 g/mol. The van der Waals surface area contributed by atoms with Crippen molar-refractivity contribution in [2.75, 3.05) is 26.2 Å². The smallest absolute Gasteiger partial charge is 0.119 e. The predicted molar refractivity (Wildman–Crippen MR) is 104 cm³/mol. The lowest BCUT2D eigenvalue weighted by molar-refractivity contribution is -0.0372. The van der Waals surface area contributed by atoms with Crippen LogP contribution in [0, 0.1) is 6.92 Å². The summed E-state index contributed by atoms with van der Waals surface area (Å²) in [5, 5.41) is 21.8. The predicted octanol–water partition coefficient (Wildman–Crippen LogP) is 3.37. The van der Waals surface area contributed by atoms with E-state index in [1.807, 2.05) is 55.5 Å². The molecule has 0 aromatic heterocycles. The van der Waals surface area contributed by atoms with E-state index in [4.69, 9.17) is 16.3 Å². The zero-order valence-corrected chi connectivity index (χ0v) is 15.8. The first-order valence-corrected chi connectivity index (χ1v) is 9.41. The lowest BCUT2D eigenvalue weighted by atomic mass is 9.84. The van der Waals surface area contributed by atoms with E-state index in [0.29, 0.717) is 24.4 Å². The molecule has 26 heavy (non-hydrogen) atoms. The van der Waals surface area contributed by atoms with Crippen LogP contribution in [0.15, 0.2) is 48.5 Å². The normalized spacial score (nSPS) is 18.5. The number of ether oxygens (including phenoxy) is 1. The van der Waals surface area contributed by atoms with Gasteiger partial charge in [-0.1, -0.05) is 41.4 Å². The standard InChI is InChI=1S/C21H26ClNO3/c1-16-2-8-20(9-3-16)26-15-19(24)14-23-12-10-21(25,11-13-23)17-4-6-18(22)7-5-17/h2-9,19,24-25H,10-15H2,1H3. The molecule has 2 aromatic rings. The molecule has 1 atom stereocenters. The molecule has 1 heterocycles. The molecule has 1 unspecified atom stereocenters. The third kappa shape index (κ3) is 4.98. The lowest BCUT2D eigenvalue weighted by Crippen LogP contribution is -2.46. The second kappa shape index (κ2) is 8.40. The van der Waals surface area contributed by atoms with Gasteiger partial charge in [0.15, 0.2) is 0 Å². The van der Waals surface area contributed by atoms with Crippen LogP contribution in [0.25, 0.3) is 0 Å². The summed E-state index contributed by atoms with van der Waals surface area (Å²) in [6.07, 6.45) is 0.721. The van der Waals surface area contributed by atoms with E-state index in [-0.39, 0.29) is 6.61 Å². The maximum atomic E-state index is 10.9. The van der Waals surface area contributed by atoms with Crippen molar-refractivity contribution in [3.05, 3.63) is 64.7 Å². The highest BCUT2D eigenvalue weighted by atomic mass is 35.5. The molecule has 0 radical (unpaired) electrons. The molecule has 2 aromatic carbocycles. The van der Waals surface area contributed by atoms with Gasteiger partial charge in [-0.15, -0.1) is 0 Å². The fourth-order valence-corrected chi connectivity index (χ4v) is 3.46. The van der Waals surface area contributed by atoms with Crippen LogP contribution in [-0.2, 0) is 5.60 Å². The number of likely N-dealkylation sites (tertiary alicyclic amines) is 1. The molecule has 0 amide bonds. The minimum Gasteiger partial charge on any atom is -0.491 e. The highest BCUT2D eigenvalue weighted by molar-refractivity contribution is 6.30. The van der Waals surface area contributed by atoms with Crippen molar-refractivity contribution in [2.45, 2.75) is 31.5 Å². The molecule has 1 saturated heterocycles. The highest BCUT2D eigenvalue weighted by Gasteiger charge is 2.34. The van der Waals surface area contributed by atoms with Crippen LogP contribution in [-0.4, -0.2) is 47.5 Å². The van der Waals surface area contributed by atoms with Gasteiger partial charge in [0.25, 0.3) is 0 Å². The third-order valence-corrected chi connectivity index (χ3v) is 5.25. The Morgan fingerprint density at radius 1 is 1.08 bits per heavy atom. The average Bonchev–Trinajstić information content (AvgIpc) is 2.64. The van der Waals surface area contributed by atoms with Crippen molar-refractivity contribution in [3.63, 3.8) is 0 Å². The average molecular weight is 376 g/mol. The van der Waals surface area contributed by atoms with Crippen molar-refractivity contribution in [2.24, 2.45) is 0 Å². The Hall–Kier alpha value is -1.59. The topological polar surface area (TPSA) is 52.9 Å². The zero-order chi connectivity index (χ0) is 18.6. The minimum absolute atomic E-state index is 0.265. The van der Waals surface area contributed by atoms with Crippen molar-refractivity contribution in [3.8, 4) is 5.75 Å². The van der Waals surface area contributed by atoms with Crippen LogP contribution < -0.4 is 4.74 Å². The summed E-state index contributed by atoms with van der Waals surface area (Å²) in [4.78, 5) is 2.17. The highest BCUT2D eigenvalue weighted by Crippen LogP contribution is 2.33. The number of aliphatic hydroxyl groups excluding tert-OH is 1. The van der Waals surface area contributed by atoms with E-state index in [2.05, 4.69) is 4.90 Å². The van der Waals surface area contributed by atoms with Crippen molar-refractivity contribution < 1.29 is 14.9 Å². The fraction of sp³-hybridized carbons (Fsp3) is 0.429. The molecule has 140 valence electrons. The molecule has 1 aliphatic rings. The fourth-order valence-electron chi connectivity index (χ4n) is 3.33. The van der Waals surface area contributed by atoms with E-state index < -0.39 is 11.7 Å². The second-order valence-electron chi connectivity index (χ2n) is 7.12. The lowest BCUT2D eigenvalue weighted by Gasteiger charge is -2.39. The van der Waals surface area contributed by atoms with Gasteiger partial charge < -0.3 is 19.8 Å². The van der Waals surface area contributed by atoms with Gasteiger partial charge >= 0.3 is 0 Å². The Kier molecular flexibility index (Phi) is 6.20. The van der Waals surface area contributed by atoms with Gasteiger partial charge in [-0.3, -0.25) is 0 Å². The van der Waals surface area contributed by atoms with E-state index in [1.165, 1.54) is 5.56 Å². The Morgan fingerprint density at radius 2 is 1.69 bits per heavy atom. The Labute approximate surface area is 160 Å². The zero-order valence-electron chi connectivity index (χ0n) is 15.1. The third-order valence-electron chi connectivity index (χ3n) is 5.00. The van der Waals surface area contributed by atoms with Crippen LogP contribution in [0.5, 0.6) is 5.75 Å². The summed E-state index contributed by atoms with van der Waals surface area (Å²) in [7, 11) is 0. The molecule has 4 nitrogen and oxygen atoms in total. The van der Waals surface area contributed by atoms with Crippen molar-refractivity contribution in [1.29, 1.82) is 0 Å². The maximum Gasteiger partial charge on any atom is 0.119 e. The molecule has 1 fully saturated rings. The number of piperidine rings is 1. The van der Waals surface area contributed by atoms with Crippen LogP contribution in [0.3, 0.4) is 0 Å². The SMILES string of the molecule is Cc1ccc(OCC(O)CN2CCC(O)(c3ccc(Cl)cc3)CC2)cc1. The minimum atomic E-state index is -0.815. The van der Waals surface area contributed by atoms with Gasteiger partial charge in [0.2, 0.25) is 0 Å². The summed E-state index contributed by atoms with van der Waals surface area (Å²) < 4.78 is 5.65. The van der Waals surface area contributed by atoms with E-state index in [0.717, 1.165) is 24.4 Å². The molecule has 0 saturated carbocycles. The van der Waals surface area contributed by atoms with Gasteiger partial charge in [0.05, 0.1) is 5.60 Å². The molecular formula is C21H26ClNO3. The first-order valence-electron chi connectivity index (χ1n) is 9.03. The number of halogens is 1. The number of benzene rings is 2. The van der Waals surface area contributed by atoms with E-state index in [9.17, 15) is 10.2 Å². The molecule has 0 bridgehead atoms. The van der Waals surface area contributed by atoms with E-state index in [1.54, 1.807) is 0 Å². The number of nitrogens with zero attached hydrogens (tertiary/aromatic N) is 1. The van der Waals surface area contributed by atoms with Gasteiger partial charge in [0, 0.05) is 24.7 Å². The van der Waals surface area contributed by atoms with Crippen molar-refractivity contribution in [1.82, 2.24) is 4.90 Å². The van der Waals surface area contributed by atoms with Gasteiger partial charge in [-0.25, -0.2) is 0 Å². The first kappa shape index (κ1) is 19.2. The molecule has 0 spiro atoms. The van der Waals surface area contributed by atoms with Crippen LogP contribution in [0.2, 0.25) is 5.02 Å². The maximum absolute atomic E-state index is 10.9. The number of aliphatic hydroxyl groups is 2. The summed E-state index contributed by atoms with van der Waals surface area (Å²) in [6, 6.07) is 15.2. The number of aryl methyl sites for hydroxylation is 1. The monoisotopic (exact) mass is 375 g/mol. The Balaban J connectivity index is 1.45. The Bertz CT molecular complexity index is 694. The number of β-amino-alcohol motifs (C(OH)–C–C–N with tert-alkyl or cyclic N) is 1. The van der Waals surface area contributed by atoms with E-state index >= 15 is 0 Å². The second-order valence-corrected chi connectivity index (χ2v) is 7.55. The number of rotatable bonds is 6. The van der Waals surface area contributed by atoms with Gasteiger partial charge in [-0.2, -0.15) is 0 Å². The molecule has 2 N–H and O–H groups in total. The quantitative estimate of drug-likeness (QED) is 0.812. The Morgan fingerprint density at radius 3 is 2.31 bits per heavy atom. The first-order chi connectivity index (χ1) is 12.4. The summed E-state index contributed by atoms with van der Waals surface area (Å²) in [5.41, 5.74) is 1.27. The number of hydrogen-bond donors (Lipinski definition) is 2. The van der Waals surface area contributed by atoms with Gasteiger partial charge in [0.1, 0.15) is 18.5 Å². The van der Waals surface area contributed by atoms with Crippen LogP contribution in [0.4, 0.5) is 0 Å². The largest absolute Gasteiger partial charge is 0.491 e. The number of hydrogen-bond acceptors (Lipinski definition) is 4. The van der Waals surface area contributed by atoms with Crippen LogP contribution >= 0.6 is 11.6 Å². The molecule has 1 aliphatic heterocycles. The summed E-state index contributed by atoms with van der Waals surface area (Å²) >= 11 is 5.93. The molecule has 5 heteroatoms.